The first-order valence-corrected chi connectivity index (χ1v) is 10.3. The lowest BCUT2D eigenvalue weighted by Crippen LogP contribution is -2.35. The molecule has 0 saturated heterocycles. The van der Waals surface area contributed by atoms with Crippen molar-refractivity contribution >= 4 is 37.5 Å². The number of nitrogens with one attached hydrogen (secondary N) is 1. The van der Waals surface area contributed by atoms with E-state index in [9.17, 15) is 17.6 Å². The molecule has 0 spiro atoms. The van der Waals surface area contributed by atoms with Crippen molar-refractivity contribution in [3.05, 3.63) is 57.8 Å². The number of hydrogen-bond donors (Lipinski definition) is 1. The number of benzene rings is 2. The SMILES string of the molecule is CC(=O)N1c2c(cc(Br)cc2S(=O)(=O)NCc2ccc(F)cc2)CC1C. The molecule has 0 aromatic heterocycles. The highest BCUT2D eigenvalue weighted by Crippen LogP contribution is 2.40. The Kier molecular flexibility index (Phi) is 5.18. The number of carbonyl (C=O) groups is 1. The third kappa shape index (κ3) is 3.67. The van der Waals surface area contributed by atoms with Crippen LogP contribution in [0.4, 0.5) is 10.1 Å². The van der Waals surface area contributed by atoms with Crippen LogP contribution in [0.5, 0.6) is 0 Å². The number of anilines is 1. The maximum Gasteiger partial charge on any atom is 0.242 e. The van der Waals surface area contributed by atoms with E-state index in [4.69, 9.17) is 0 Å². The van der Waals surface area contributed by atoms with Crippen LogP contribution in [0.25, 0.3) is 0 Å². The van der Waals surface area contributed by atoms with Crippen LogP contribution >= 0.6 is 15.9 Å². The van der Waals surface area contributed by atoms with Gasteiger partial charge in [-0.2, -0.15) is 0 Å². The Morgan fingerprint density at radius 1 is 1.31 bits per heavy atom. The summed E-state index contributed by atoms with van der Waals surface area (Å²) in [5.41, 5.74) is 1.88. The largest absolute Gasteiger partial charge is 0.308 e. The molecule has 0 aliphatic carbocycles. The van der Waals surface area contributed by atoms with Gasteiger partial charge in [0, 0.05) is 24.0 Å². The van der Waals surface area contributed by atoms with Crippen molar-refractivity contribution in [2.24, 2.45) is 0 Å². The zero-order chi connectivity index (χ0) is 19.1. The number of rotatable bonds is 4. The van der Waals surface area contributed by atoms with Gasteiger partial charge >= 0.3 is 0 Å². The molecule has 1 aliphatic rings. The maximum atomic E-state index is 13.0. The second kappa shape index (κ2) is 7.09. The van der Waals surface area contributed by atoms with Crippen LogP contribution in [0.15, 0.2) is 45.8 Å². The highest BCUT2D eigenvalue weighted by Gasteiger charge is 2.35. The average molecular weight is 441 g/mol. The van der Waals surface area contributed by atoms with Crippen molar-refractivity contribution in [2.45, 2.75) is 37.8 Å². The van der Waals surface area contributed by atoms with Crippen LogP contribution in [-0.4, -0.2) is 20.4 Å². The third-order valence-corrected chi connectivity index (χ3v) is 6.20. The summed E-state index contributed by atoms with van der Waals surface area (Å²) in [6.07, 6.45) is 0.592. The predicted molar refractivity (Wildman–Crippen MR) is 101 cm³/mol. The highest BCUT2D eigenvalue weighted by molar-refractivity contribution is 9.10. The molecule has 3 rings (SSSR count). The molecule has 1 amide bonds. The van der Waals surface area contributed by atoms with E-state index >= 15 is 0 Å². The lowest BCUT2D eigenvalue weighted by molar-refractivity contribution is -0.116. The molecule has 1 aliphatic heterocycles. The summed E-state index contributed by atoms with van der Waals surface area (Å²) in [7, 11) is -3.87. The first-order valence-electron chi connectivity index (χ1n) is 8.05. The first kappa shape index (κ1) is 19.0. The van der Waals surface area contributed by atoms with E-state index in [1.54, 1.807) is 0 Å². The summed E-state index contributed by atoms with van der Waals surface area (Å²) < 4.78 is 42.0. The molecule has 0 fully saturated rings. The summed E-state index contributed by atoms with van der Waals surface area (Å²) in [4.78, 5) is 13.6. The topological polar surface area (TPSA) is 66.5 Å². The molecule has 1 N–H and O–H groups in total. The fraction of sp³-hybridized carbons (Fsp3) is 0.278. The predicted octanol–water partition coefficient (Wildman–Crippen LogP) is 3.36. The Bertz CT molecular complexity index is 961. The van der Waals surface area contributed by atoms with Crippen molar-refractivity contribution in [3.63, 3.8) is 0 Å². The maximum absolute atomic E-state index is 13.0. The van der Waals surface area contributed by atoms with E-state index in [2.05, 4.69) is 20.7 Å². The molecular formula is C18H18BrFN2O3S. The van der Waals surface area contributed by atoms with Crippen molar-refractivity contribution in [1.82, 2.24) is 4.72 Å². The lowest BCUT2D eigenvalue weighted by Gasteiger charge is -2.23. The summed E-state index contributed by atoms with van der Waals surface area (Å²) >= 11 is 3.35. The van der Waals surface area contributed by atoms with Gasteiger partial charge in [-0.25, -0.2) is 17.5 Å². The van der Waals surface area contributed by atoms with Crippen LogP contribution in [0.2, 0.25) is 0 Å². The molecule has 1 unspecified atom stereocenters. The molecule has 5 nitrogen and oxygen atoms in total. The fourth-order valence-electron chi connectivity index (χ4n) is 3.22. The number of nitrogens with zero attached hydrogens (tertiary/aromatic N) is 1. The number of sulfonamides is 1. The van der Waals surface area contributed by atoms with E-state index in [0.717, 1.165) is 5.56 Å². The van der Waals surface area contributed by atoms with Gasteiger partial charge in [0.15, 0.2) is 0 Å². The van der Waals surface area contributed by atoms with Crippen molar-refractivity contribution in [1.29, 1.82) is 0 Å². The van der Waals surface area contributed by atoms with Crippen LogP contribution in [0.3, 0.4) is 0 Å². The van der Waals surface area contributed by atoms with Gasteiger partial charge in [-0.1, -0.05) is 28.1 Å². The molecule has 138 valence electrons. The average Bonchev–Trinajstić information content (AvgIpc) is 2.89. The van der Waals surface area contributed by atoms with E-state index in [-0.39, 0.29) is 29.2 Å². The van der Waals surface area contributed by atoms with Gasteiger partial charge in [0.1, 0.15) is 10.7 Å². The summed E-state index contributed by atoms with van der Waals surface area (Å²) in [6.45, 7) is 3.34. The van der Waals surface area contributed by atoms with Gasteiger partial charge in [-0.3, -0.25) is 4.79 Å². The van der Waals surface area contributed by atoms with Crippen molar-refractivity contribution < 1.29 is 17.6 Å². The Morgan fingerprint density at radius 2 is 1.96 bits per heavy atom. The molecule has 1 heterocycles. The van der Waals surface area contributed by atoms with Gasteiger partial charge < -0.3 is 4.90 Å². The van der Waals surface area contributed by atoms with E-state index in [1.807, 2.05) is 13.0 Å². The fourth-order valence-corrected chi connectivity index (χ4v) is 5.15. The number of hydrogen-bond acceptors (Lipinski definition) is 3. The Balaban J connectivity index is 1.98. The monoisotopic (exact) mass is 440 g/mol. The summed E-state index contributed by atoms with van der Waals surface area (Å²) in [6, 6.07) is 8.83. The van der Waals surface area contributed by atoms with Gasteiger partial charge in [0.05, 0.1) is 5.69 Å². The smallest absolute Gasteiger partial charge is 0.242 e. The minimum atomic E-state index is -3.87. The summed E-state index contributed by atoms with van der Waals surface area (Å²) in [5, 5.41) is 0. The Hall–Kier alpha value is -1.77. The Labute approximate surface area is 160 Å². The number of carbonyl (C=O) groups excluding carboxylic acids is 1. The number of halogens is 2. The van der Waals surface area contributed by atoms with Gasteiger partial charge in [0.25, 0.3) is 0 Å². The second-order valence-corrected chi connectivity index (χ2v) is 8.96. The zero-order valence-electron chi connectivity index (χ0n) is 14.3. The van der Waals surface area contributed by atoms with Crippen molar-refractivity contribution in [3.8, 4) is 0 Å². The molecule has 2 aromatic carbocycles. The first-order chi connectivity index (χ1) is 12.2. The molecule has 0 bridgehead atoms. The third-order valence-electron chi connectivity index (χ3n) is 4.32. The standard InChI is InChI=1S/C18H18BrFN2O3S/c1-11-7-14-8-15(19)9-17(18(14)22(11)12(2)23)26(24,25)21-10-13-3-5-16(20)6-4-13/h3-6,8-9,11,21H,7,10H2,1-2H3. The van der Waals surface area contributed by atoms with Crippen LogP contribution in [0, 0.1) is 5.82 Å². The van der Waals surface area contributed by atoms with Crippen molar-refractivity contribution in [2.75, 3.05) is 4.90 Å². The quantitative estimate of drug-likeness (QED) is 0.792. The Morgan fingerprint density at radius 3 is 2.58 bits per heavy atom. The van der Waals surface area contributed by atoms with E-state index in [1.165, 1.54) is 42.2 Å². The molecule has 1 atom stereocenters. The normalized spacial score (nSPS) is 16.6. The van der Waals surface area contributed by atoms with Crippen LogP contribution in [0.1, 0.15) is 25.0 Å². The zero-order valence-corrected chi connectivity index (χ0v) is 16.7. The molecular weight excluding hydrogens is 423 g/mol. The number of fused-ring (bicyclic) bond motifs is 1. The molecule has 0 radical (unpaired) electrons. The molecule has 2 aromatic rings. The van der Waals surface area contributed by atoms with Gasteiger partial charge in [0.2, 0.25) is 15.9 Å². The number of amides is 1. The molecule has 8 heteroatoms. The minimum Gasteiger partial charge on any atom is -0.308 e. The van der Waals surface area contributed by atoms with E-state index in [0.29, 0.717) is 22.1 Å². The molecule has 26 heavy (non-hydrogen) atoms. The second-order valence-electron chi connectivity index (χ2n) is 6.30. The van der Waals surface area contributed by atoms with E-state index < -0.39 is 10.0 Å². The lowest BCUT2D eigenvalue weighted by atomic mass is 10.1. The minimum absolute atomic E-state index is 0.0273. The molecule has 0 saturated carbocycles. The van der Waals surface area contributed by atoms with Gasteiger partial charge in [-0.15, -0.1) is 0 Å². The summed E-state index contributed by atoms with van der Waals surface area (Å²) in [5.74, 6) is -0.582. The van der Waals surface area contributed by atoms with Crippen LogP contribution < -0.4 is 9.62 Å². The van der Waals surface area contributed by atoms with Crippen LogP contribution in [-0.2, 0) is 27.8 Å². The van der Waals surface area contributed by atoms with Gasteiger partial charge in [-0.05, 0) is 48.7 Å². The highest BCUT2D eigenvalue weighted by atomic mass is 79.9.